The molecule has 2 aromatic carbocycles. The van der Waals surface area contributed by atoms with Crippen molar-refractivity contribution in [3.8, 4) is 5.75 Å². The number of aryl methyl sites for hydroxylation is 1. The van der Waals surface area contributed by atoms with Gasteiger partial charge in [-0.1, -0.05) is 53.0 Å². The molecule has 4 rings (SSSR count). The molecule has 0 radical (unpaired) electrons. The van der Waals surface area contributed by atoms with Gasteiger partial charge >= 0.3 is 0 Å². The van der Waals surface area contributed by atoms with Gasteiger partial charge in [0.05, 0.1) is 5.02 Å². The molecule has 1 saturated heterocycles. The molecular formula is C24H24Cl2N2O3. The molecule has 3 aromatic rings. The Hall–Kier alpha value is -2.47. The maximum absolute atomic E-state index is 12.8. The molecule has 2 heterocycles. The summed E-state index contributed by atoms with van der Waals surface area (Å²) < 4.78 is 11.4. The van der Waals surface area contributed by atoms with Crippen LogP contribution >= 0.6 is 23.2 Å². The molecule has 1 amide bonds. The topological polar surface area (TPSA) is 45.9 Å². The zero-order chi connectivity index (χ0) is 21.8. The Morgan fingerprint density at radius 1 is 1.03 bits per heavy atom. The Kier molecular flexibility index (Phi) is 6.86. The summed E-state index contributed by atoms with van der Waals surface area (Å²) in [5.41, 5.74) is 2.57. The fourth-order valence-corrected chi connectivity index (χ4v) is 4.11. The first-order valence-electron chi connectivity index (χ1n) is 10.2. The molecule has 1 fully saturated rings. The summed E-state index contributed by atoms with van der Waals surface area (Å²) in [6.07, 6.45) is 0. The monoisotopic (exact) mass is 458 g/mol. The molecule has 1 aliphatic heterocycles. The van der Waals surface area contributed by atoms with Crippen molar-refractivity contribution in [3.05, 3.63) is 87.3 Å². The number of ether oxygens (including phenoxy) is 1. The molecule has 0 unspecified atom stereocenters. The molecule has 1 aromatic heterocycles. The van der Waals surface area contributed by atoms with Crippen LogP contribution in [0.5, 0.6) is 5.75 Å². The highest BCUT2D eigenvalue weighted by Crippen LogP contribution is 2.28. The number of nitrogens with zero attached hydrogens (tertiary/aromatic N) is 2. The van der Waals surface area contributed by atoms with E-state index in [0.29, 0.717) is 40.4 Å². The van der Waals surface area contributed by atoms with Gasteiger partial charge in [0.1, 0.15) is 18.1 Å². The minimum atomic E-state index is -0.0917. The summed E-state index contributed by atoms with van der Waals surface area (Å²) in [5, 5.41) is 0.973. The minimum absolute atomic E-state index is 0.0917. The van der Waals surface area contributed by atoms with Gasteiger partial charge in [0.15, 0.2) is 5.76 Å². The van der Waals surface area contributed by atoms with Gasteiger partial charge in [-0.15, -0.1) is 0 Å². The van der Waals surface area contributed by atoms with Crippen molar-refractivity contribution in [1.29, 1.82) is 0 Å². The number of furan rings is 1. The largest absolute Gasteiger partial charge is 0.484 e. The van der Waals surface area contributed by atoms with E-state index >= 15 is 0 Å². The number of hydrogen-bond donors (Lipinski definition) is 0. The van der Waals surface area contributed by atoms with Crippen molar-refractivity contribution >= 4 is 29.1 Å². The molecule has 5 nitrogen and oxygen atoms in total. The van der Waals surface area contributed by atoms with Crippen LogP contribution in [0, 0.1) is 6.92 Å². The van der Waals surface area contributed by atoms with Crippen molar-refractivity contribution in [2.24, 2.45) is 0 Å². The molecule has 31 heavy (non-hydrogen) atoms. The van der Waals surface area contributed by atoms with Gasteiger partial charge in [-0.3, -0.25) is 9.69 Å². The summed E-state index contributed by atoms with van der Waals surface area (Å²) >= 11 is 12.0. The number of benzene rings is 2. The van der Waals surface area contributed by atoms with E-state index in [1.165, 1.54) is 11.1 Å². The Labute approximate surface area is 192 Å². The molecule has 0 bridgehead atoms. The third kappa shape index (κ3) is 5.62. The lowest BCUT2D eigenvalue weighted by atomic mass is 10.1. The van der Waals surface area contributed by atoms with Crippen LogP contribution in [0.25, 0.3) is 0 Å². The van der Waals surface area contributed by atoms with E-state index in [0.717, 1.165) is 19.6 Å². The third-order valence-electron chi connectivity index (χ3n) is 5.28. The first-order valence-corrected chi connectivity index (χ1v) is 11.0. The number of piperazine rings is 1. The molecule has 0 spiro atoms. The lowest BCUT2D eigenvalue weighted by Crippen LogP contribution is -2.48. The molecule has 0 N–H and O–H groups in total. The molecule has 0 aliphatic carbocycles. The van der Waals surface area contributed by atoms with Crippen molar-refractivity contribution in [2.75, 3.05) is 26.2 Å². The summed E-state index contributed by atoms with van der Waals surface area (Å²) in [7, 11) is 0. The van der Waals surface area contributed by atoms with Crippen LogP contribution < -0.4 is 4.74 Å². The van der Waals surface area contributed by atoms with E-state index in [9.17, 15) is 4.79 Å². The maximum atomic E-state index is 12.8. The molecular weight excluding hydrogens is 435 g/mol. The van der Waals surface area contributed by atoms with Gasteiger partial charge in [-0.05, 0) is 42.8 Å². The predicted molar refractivity (Wildman–Crippen MR) is 122 cm³/mol. The number of hydrogen-bond acceptors (Lipinski definition) is 4. The van der Waals surface area contributed by atoms with Crippen molar-refractivity contribution in [1.82, 2.24) is 9.80 Å². The zero-order valence-electron chi connectivity index (χ0n) is 17.3. The molecule has 1 aliphatic rings. The quantitative estimate of drug-likeness (QED) is 0.493. The van der Waals surface area contributed by atoms with Gasteiger partial charge in [0, 0.05) is 37.7 Å². The highest BCUT2D eigenvalue weighted by atomic mass is 35.5. The summed E-state index contributed by atoms with van der Waals surface area (Å²) in [5.74, 6) is 1.31. The first-order chi connectivity index (χ1) is 15.0. The first kappa shape index (κ1) is 21.8. The average Bonchev–Trinajstić information content (AvgIpc) is 3.22. The second-order valence-electron chi connectivity index (χ2n) is 7.69. The van der Waals surface area contributed by atoms with E-state index in [1.54, 1.807) is 30.3 Å². The van der Waals surface area contributed by atoms with Crippen molar-refractivity contribution in [3.63, 3.8) is 0 Å². The summed E-state index contributed by atoms with van der Waals surface area (Å²) in [6.45, 7) is 6.22. The van der Waals surface area contributed by atoms with Gasteiger partial charge < -0.3 is 14.1 Å². The lowest BCUT2D eigenvalue weighted by Gasteiger charge is -2.34. The number of carbonyl (C=O) groups is 1. The van der Waals surface area contributed by atoms with Crippen LogP contribution in [0.1, 0.15) is 27.4 Å². The molecule has 162 valence electrons. The van der Waals surface area contributed by atoms with Gasteiger partial charge in [-0.2, -0.15) is 0 Å². The normalized spacial score (nSPS) is 14.6. The number of carbonyl (C=O) groups excluding carboxylic acids is 1. The van der Waals surface area contributed by atoms with Crippen LogP contribution in [0.3, 0.4) is 0 Å². The van der Waals surface area contributed by atoms with Gasteiger partial charge in [0.25, 0.3) is 5.91 Å². The summed E-state index contributed by atoms with van der Waals surface area (Å²) in [6, 6.07) is 17.0. The molecule has 0 saturated carbocycles. The Bertz CT molecular complexity index is 1060. The maximum Gasteiger partial charge on any atom is 0.289 e. The van der Waals surface area contributed by atoms with Crippen LogP contribution in [0.4, 0.5) is 0 Å². The zero-order valence-corrected chi connectivity index (χ0v) is 18.8. The van der Waals surface area contributed by atoms with E-state index in [2.05, 4.69) is 36.1 Å². The van der Waals surface area contributed by atoms with E-state index < -0.39 is 0 Å². The van der Waals surface area contributed by atoms with E-state index in [4.69, 9.17) is 32.4 Å². The van der Waals surface area contributed by atoms with Crippen molar-refractivity contribution < 1.29 is 13.9 Å². The van der Waals surface area contributed by atoms with Crippen LogP contribution in [0.2, 0.25) is 10.0 Å². The fourth-order valence-electron chi connectivity index (χ4n) is 3.65. The molecule has 7 heteroatoms. The SMILES string of the molecule is Cc1cccc(CN2CCN(C(=O)c3ccc(COc4ccc(Cl)cc4Cl)o3)CC2)c1. The van der Waals surface area contributed by atoms with Crippen LogP contribution in [-0.4, -0.2) is 41.9 Å². The number of amides is 1. The van der Waals surface area contributed by atoms with Crippen LogP contribution in [0.15, 0.2) is 59.0 Å². The Balaban J connectivity index is 1.29. The van der Waals surface area contributed by atoms with Gasteiger partial charge in [-0.25, -0.2) is 0 Å². The summed E-state index contributed by atoms with van der Waals surface area (Å²) in [4.78, 5) is 17.0. The number of rotatable bonds is 6. The van der Waals surface area contributed by atoms with Gasteiger partial charge in [0.2, 0.25) is 0 Å². The van der Waals surface area contributed by atoms with Crippen LogP contribution in [-0.2, 0) is 13.2 Å². The second kappa shape index (κ2) is 9.77. The highest BCUT2D eigenvalue weighted by molar-refractivity contribution is 6.35. The lowest BCUT2D eigenvalue weighted by molar-refractivity contribution is 0.0594. The highest BCUT2D eigenvalue weighted by Gasteiger charge is 2.24. The predicted octanol–water partition coefficient (Wildman–Crippen LogP) is 5.43. The third-order valence-corrected chi connectivity index (χ3v) is 5.81. The average molecular weight is 459 g/mol. The minimum Gasteiger partial charge on any atom is -0.484 e. The molecule has 0 atom stereocenters. The van der Waals surface area contributed by atoms with Crippen molar-refractivity contribution in [2.45, 2.75) is 20.1 Å². The van der Waals surface area contributed by atoms with E-state index in [-0.39, 0.29) is 12.5 Å². The standard InChI is InChI=1S/C24H24Cl2N2O3/c1-17-3-2-4-18(13-17)15-27-9-11-28(12-10-27)24(29)23-8-6-20(31-23)16-30-22-7-5-19(25)14-21(22)26/h2-8,13-14H,9-12,15-16H2,1H3. The number of halogens is 2. The Morgan fingerprint density at radius 3 is 2.58 bits per heavy atom. The smallest absolute Gasteiger partial charge is 0.289 e. The second-order valence-corrected chi connectivity index (χ2v) is 8.53. The fraction of sp³-hybridized carbons (Fsp3) is 0.292. The Morgan fingerprint density at radius 2 is 1.84 bits per heavy atom. The van der Waals surface area contributed by atoms with E-state index in [1.807, 2.05) is 4.90 Å².